The number of thiazole rings is 4. The first-order chi connectivity index (χ1) is 60.2. The SMILES string of the molecule is CN1CCN(S(=O)(=O)c2cccc(Nc3nc(N)[n+](-c4nc5ccccc5s4)[nH]3)c2)CC1.CN1CCN(S(=O)(=O)c2cccc(Nc3nc(N)n(-c4nc5ccccc5s4)n3)c2)CC1.CNS(=O)(=O)c1ccc(Nc2nc(N)n(-c3nc4ccccc4s3)n2)cc1.Nc1nc(Nc2cccc(S(=O)(=O)NCCN3CCCCC3)c2)nn1-c1nc2ccccc2s1. The molecule has 0 bridgehead atoms. The van der Waals surface area contributed by atoms with Gasteiger partial charge in [-0.05, 0) is 174 Å². The molecule has 648 valence electrons. The van der Waals surface area contributed by atoms with Crippen LogP contribution in [0.3, 0.4) is 0 Å². The average molecular weight is 1840 g/mol. The van der Waals surface area contributed by atoms with E-state index in [2.05, 4.69) is 106 Å². The number of rotatable bonds is 23. The van der Waals surface area contributed by atoms with E-state index in [0.717, 1.165) is 54.0 Å². The molecule has 3 saturated heterocycles. The molecule has 0 saturated carbocycles. The predicted octanol–water partition coefficient (Wildman–Crippen LogP) is 8.77. The van der Waals surface area contributed by atoms with Gasteiger partial charge in [0.1, 0.15) is 5.52 Å². The monoisotopic (exact) mass is 1840 g/mol. The number of H-pyrrole nitrogens is 1. The Kier molecular flexibility index (Phi) is 25.8. The van der Waals surface area contributed by atoms with Crippen molar-refractivity contribution in [3.05, 3.63) is 194 Å². The second-order valence-corrected chi connectivity index (χ2v) is 40.3. The van der Waals surface area contributed by atoms with E-state index in [4.69, 9.17) is 22.9 Å². The highest BCUT2D eigenvalue weighted by molar-refractivity contribution is 7.90. The Morgan fingerprint density at radius 1 is 0.392 bits per heavy atom. The van der Waals surface area contributed by atoms with Crippen molar-refractivity contribution in [2.45, 2.75) is 38.8 Å². The molecule has 0 radical (unpaired) electrons. The molecule has 0 spiro atoms. The highest BCUT2D eigenvalue weighted by atomic mass is 32.2. The molecule has 0 amide bonds. The molecular formula is C78H86N31O8S8+. The Bertz CT molecular complexity index is 6670. The van der Waals surface area contributed by atoms with Gasteiger partial charge in [0.05, 0.1) is 54.9 Å². The maximum absolute atomic E-state index is 13.1. The largest absolute Gasteiger partial charge is 0.371 e. The molecule has 0 unspecified atom stereocenters. The molecule has 0 aliphatic carbocycles. The number of para-hydroxylation sites is 4. The van der Waals surface area contributed by atoms with Crippen molar-refractivity contribution in [1.29, 1.82) is 0 Å². The number of hydrogen-bond donors (Lipinski definition) is 11. The molecule has 39 nitrogen and oxygen atoms in total. The van der Waals surface area contributed by atoms with Gasteiger partial charge in [0.2, 0.25) is 91.2 Å². The van der Waals surface area contributed by atoms with Gasteiger partial charge >= 0.3 is 11.1 Å². The van der Waals surface area contributed by atoms with Gasteiger partial charge < -0.3 is 58.9 Å². The number of piperazine rings is 2. The van der Waals surface area contributed by atoms with E-state index in [-0.39, 0.29) is 61.2 Å². The second-order valence-electron chi connectivity index (χ2n) is 28.8. The summed E-state index contributed by atoms with van der Waals surface area (Å²) in [6.07, 6.45) is 3.60. The molecule has 15 N–H and O–H groups in total. The lowest BCUT2D eigenvalue weighted by molar-refractivity contribution is -0.640. The Morgan fingerprint density at radius 2 is 0.784 bits per heavy atom. The third-order valence-electron chi connectivity index (χ3n) is 20.1. The zero-order chi connectivity index (χ0) is 87.2. The lowest BCUT2D eigenvalue weighted by atomic mass is 10.1. The van der Waals surface area contributed by atoms with Crippen LogP contribution >= 0.6 is 45.3 Å². The maximum Gasteiger partial charge on any atom is 0.371 e. The third kappa shape index (κ3) is 20.3. The highest BCUT2D eigenvalue weighted by Crippen LogP contribution is 2.33. The number of likely N-dealkylation sites (tertiary alicyclic amines) is 1. The zero-order valence-corrected chi connectivity index (χ0v) is 73.9. The Hall–Kier alpha value is -12.2. The first-order valence-corrected chi connectivity index (χ1v) is 48.3. The normalized spacial score (nSPS) is 14.8. The number of aromatic nitrogens is 16. The van der Waals surface area contributed by atoms with Crippen molar-refractivity contribution < 1.29 is 38.4 Å². The molecule has 3 fully saturated rings. The van der Waals surface area contributed by atoms with E-state index in [1.54, 1.807) is 89.6 Å². The van der Waals surface area contributed by atoms with Crippen LogP contribution in [0.2, 0.25) is 0 Å². The number of sulfonamides is 4. The number of benzene rings is 8. The van der Waals surface area contributed by atoms with Gasteiger partial charge in [-0.1, -0.05) is 123 Å². The topological polar surface area (TPSA) is 505 Å². The molecule has 3 aliphatic heterocycles. The fourth-order valence-corrected chi connectivity index (χ4v) is 21.9. The number of fused-ring (bicyclic) bond motifs is 4. The van der Waals surface area contributed by atoms with Crippen molar-refractivity contribution >= 4 is 197 Å². The minimum Gasteiger partial charge on any atom is -0.368 e. The quantitative estimate of drug-likeness (QED) is 0.0266. The summed E-state index contributed by atoms with van der Waals surface area (Å²) in [5.74, 6) is 2.00. The van der Waals surface area contributed by atoms with Crippen molar-refractivity contribution in [2.75, 3.05) is 144 Å². The van der Waals surface area contributed by atoms with Crippen LogP contribution in [0.25, 0.3) is 61.4 Å². The third-order valence-corrected chi connectivity index (χ3v) is 30.8. The molecule has 11 heterocycles. The summed E-state index contributed by atoms with van der Waals surface area (Å²) < 4.78 is 119. The number of likely N-dealkylation sites (N-methyl/N-ethyl adjacent to an activating group) is 2. The lowest BCUT2D eigenvalue weighted by Gasteiger charge is -2.31. The maximum atomic E-state index is 13.1. The molecule has 0 atom stereocenters. The average Bonchev–Trinajstić information content (AvgIpc) is 1.52. The van der Waals surface area contributed by atoms with E-state index < -0.39 is 40.1 Å². The van der Waals surface area contributed by atoms with E-state index in [1.165, 1.54) is 106 Å². The number of nitrogens with zero attached hydrogens (tertiary/aromatic N) is 20. The van der Waals surface area contributed by atoms with Gasteiger partial charge in [-0.15, -0.1) is 25.0 Å². The Balaban J connectivity index is 0.000000123. The summed E-state index contributed by atoms with van der Waals surface area (Å²) >= 11 is 5.87. The number of piperidine rings is 1. The van der Waals surface area contributed by atoms with Crippen molar-refractivity contribution in [1.82, 2.24) is 107 Å². The van der Waals surface area contributed by atoms with E-state index >= 15 is 0 Å². The molecule has 19 rings (SSSR count). The number of aromatic amines is 1. The molecule has 8 aromatic heterocycles. The molecule has 8 aromatic carbocycles. The molecule has 3 aliphatic rings. The fourth-order valence-electron chi connectivity index (χ4n) is 13.4. The number of nitrogens with one attached hydrogen (secondary N) is 7. The summed E-state index contributed by atoms with van der Waals surface area (Å²) in [6, 6.07) is 57.3. The summed E-state index contributed by atoms with van der Waals surface area (Å²) in [5.41, 5.74) is 30.0. The first-order valence-electron chi connectivity index (χ1n) is 39.1. The van der Waals surface area contributed by atoms with Gasteiger partial charge in [-0.3, -0.25) is 0 Å². The number of hydrogen-bond acceptors (Lipinski definition) is 34. The van der Waals surface area contributed by atoms with Gasteiger partial charge in [0, 0.05) is 88.2 Å². The van der Waals surface area contributed by atoms with Gasteiger partial charge in [0.15, 0.2) is 0 Å². The molecule has 47 heteroatoms. The minimum absolute atomic E-state index is 0.169. The van der Waals surface area contributed by atoms with Gasteiger partial charge in [-0.25, -0.2) is 63.2 Å². The first kappa shape index (κ1) is 86.3. The number of nitrogen functional groups attached to an aromatic ring is 4. The lowest BCUT2D eigenvalue weighted by Crippen LogP contribution is -2.47. The zero-order valence-electron chi connectivity index (χ0n) is 67.4. The van der Waals surface area contributed by atoms with Gasteiger partial charge in [-0.2, -0.15) is 37.6 Å². The van der Waals surface area contributed by atoms with Gasteiger partial charge in [0.25, 0.3) is 5.95 Å². The van der Waals surface area contributed by atoms with Crippen LogP contribution in [0, 0.1) is 0 Å². The summed E-state index contributed by atoms with van der Waals surface area (Å²) in [7, 11) is -8.91. The van der Waals surface area contributed by atoms with Crippen molar-refractivity contribution in [2.24, 2.45) is 0 Å². The van der Waals surface area contributed by atoms with E-state index in [0.29, 0.717) is 115 Å². The van der Waals surface area contributed by atoms with E-state index in [9.17, 15) is 33.7 Å². The number of nitrogens with two attached hydrogens (primary N) is 4. The van der Waals surface area contributed by atoms with Crippen LogP contribution in [0.4, 0.5) is 70.3 Å². The van der Waals surface area contributed by atoms with Crippen molar-refractivity contribution in [3.63, 3.8) is 0 Å². The van der Waals surface area contributed by atoms with Crippen molar-refractivity contribution in [3.8, 4) is 20.5 Å². The van der Waals surface area contributed by atoms with Crippen LogP contribution in [0.1, 0.15) is 19.3 Å². The smallest absolute Gasteiger partial charge is 0.368 e. The van der Waals surface area contributed by atoms with Crippen LogP contribution in [0.15, 0.2) is 214 Å². The fraction of sp³-hybridized carbons (Fsp3) is 0.231. The van der Waals surface area contributed by atoms with Crippen LogP contribution < -0.4 is 58.3 Å². The molecular weight excluding hydrogens is 1760 g/mol. The Morgan fingerprint density at radius 3 is 1.21 bits per heavy atom. The second kappa shape index (κ2) is 37.3. The van der Waals surface area contributed by atoms with Crippen LogP contribution in [0.5, 0.6) is 0 Å². The summed E-state index contributed by atoms with van der Waals surface area (Å²) in [6.45, 7) is 7.91. The van der Waals surface area contributed by atoms with E-state index in [1.807, 2.05) is 111 Å². The molecule has 125 heavy (non-hydrogen) atoms. The Labute approximate surface area is 734 Å². The number of anilines is 12. The van der Waals surface area contributed by atoms with Crippen LogP contribution in [-0.2, 0) is 40.1 Å². The molecule has 16 aromatic rings. The predicted molar refractivity (Wildman–Crippen MR) is 488 cm³/mol. The highest BCUT2D eigenvalue weighted by Gasteiger charge is 2.31. The minimum atomic E-state index is -3.63. The van der Waals surface area contributed by atoms with Crippen LogP contribution in [-0.4, -0.2) is 231 Å². The summed E-state index contributed by atoms with van der Waals surface area (Å²) in [4.78, 5) is 42.6. The standard InChI is InChI=1S/C22H26N8O2S2.2C20H22N8O2S2.C16H15N7O2S2/c23-20-27-21(28-30(20)22-26-18-9-2-3-10-19(18)33-22)25-16-7-6-8-17(15-16)34(31,32)24-11-14-29-12-4-1-5-13-29;2*1-26-9-11-27(12-10-26)32(29,30)15-6-4-5-14(13-15)22-19-24-18(21)28(25-19)20-23-16-7-2-3-8-17(16)31-20;1-18-27(24,25)11-8-6-10(7-9-11)19-15-21-14(17)23(22-15)16-20-12-4-2-3-5-13(12)26-16/h2-3,6-10,15,24H,1,4-5,11-14H2,(H3,23,25,27,28);2*2-8,13H,9-12H2,1H3,(H3,21,22,24,25);2-9,18H,1H3,(H3,17,19,21,22)/p+1. The summed E-state index contributed by atoms with van der Waals surface area (Å²) in [5, 5.41) is 31.0.